The zero-order valence-corrected chi connectivity index (χ0v) is 17.1. The predicted molar refractivity (Wildman–Crippen MR) is 108 cm³/mol. The van der Waals surface area contributed by atoms with Gasteiger partial charge >= 0.3 is 5.97 Å². The van der Waals surface area contributed by atoms with Gasteiger partial charge in [-0.05, 0) is 29.8 Å². The number of ketones is 1. The average molecular weight is 420 g/mol. The summed E-state index contributed by atoms with van der Waals surface area (Å²) in [7, 11) is 0. The molecule has 1 amide bonds. The van der Waals surface area contributed by atoms with Crippen molar-refractivity contribution in [2.24, 2.45) is 0 Å². The number of anilines is 1. The van der Waals surface area contributed by atoms with E-state index in [4.69, 9.17) is 4.74 Å². The molecule has 2 aliphatic heterocycles. The largest absolute Gasteiger partial charge is 0.464 e. The molecule has 4 heterocycles. The highest BCUT2D eigenvalue weighted by Gasteiger charge is 2.43. The molecule has 2 aromatic heterocycles. The fourth-order valence-electron chi connectivity index (χ4n) is 3.64. The molecule has 28 heavy (non-hydrogen) atoms. The van der Waals surface area contributed by atoms with Crippen LogP contribution in [0.15, 0.2) is 29.0 Å². The lowest BCUT2D eigenvalue weighted by Crippen LogP contribution is -2.63. The van der Waals surface area contributed by atoms with Gasteiger partial charge in [0.2, 0.25) is 6.04 Å². The van der Waals surface area contributed by atoms with Crippen molar-refractivity contribution < 1.29 is 19.1 Å². The molecule has 1 fully saturated rings. The van der Waals surface area contributed by atoms with E-state index in [0.717, 1.165) is 15.4 Å². The lowest BCUT2D eigenvalue weighted by Gasteiger charge is -2.45. The molecule has 0 radical (unpaired) electrons. The van der Waals surface area contributed by atoms with Crippen LogP contribution >= 0.6 is 22.7 Å². The Morgan fingerprint density at radius 2 is 1.93 bits per heavy atom. The zero-order chi connectivity index (χ0) is 19.7. The molecule has 2 aliphatic rings. The highest BCUT2D eigenvalue weighted by atomic mass is 32.1. The molecular formula is C19H21N3O4S2. The van der Waals surface area contributed by atoms with Crippen LogP contribution < -0.4 is 5.01 Å². The summed E-state index contributed by atoms with van der Waals surface area (Å²) in [6.45, 7) is 4.15. The Morgan fingerprint density at radius 1 is 1.14 bits per heavy atom. The number of carbonyl (C=O) groups excluding carboxylic acids is 3. The van der Waals surface area contributed by atoms with Crippen molar-refractivity contribution in [2.75, 3.05) is 37.8 Å². The van der Waals surface area contributed by atoms with Crippen LogP contribution in [0.2, 0.25) is 0 Å². The van der Waals surface area contributed by atoms with Gasteiger partial charge < -0.3 is 9.64 Å². The van der Waals surface area contributed by atoms with Crippen LogP contribution in [0, 0.1) is 0 Å². The van der Waals surface area contributed by atoms with Gasteiger partial charge in [-0.3, -0.25) is 14.6 Å². The number of nitrogens with zero attached hydrogens (tertiary/aromatic N) is 3. The van der Waals surface area contributed by atoms with Crippen LogP contribution in [0.4, 0.5) is 5.69 Å². The third-order valence-corrected chi connectivity index (χ3v) is 6.71. The van der Waals surface area contributed by atoms with Crippen LogP contribution in [0.3, 0.4) is 0 Å². The molecule has 4 rings (SSSR count). The number of piperazine rings is 1. The van der Waals surface area contributed by atoms with E-state index >= 15 is 0 Å². The van der Waals surface area contributed by atoms with E-state index in [1.54, 1.807) is 11.9 Å². The molecule has 148 valence electrons. The van der Waals surface area contributed by atoms with Gasteiger partial charge in [0.1, 0.15) is 0 Å². The average Bonchev–Trinajstić information content (AvgIpc) is 3.38. The molecule has 1 saturated heterocycles. The van der Waals surface area contributed by atoms with Crippen molar-refractivity contribution in [3.05, 3.63) is 38.7 Å². The number of esters is 1. The molecule has 1 unspecified atom stereocenters. The lowest BCUT2D eigenvalue weighted by molar-refractivity contribution is -0.149. The summed E-state index contributed by atoms with van der Waals surface area (Å²) in [5, 5.41) is 7.63. The quantitative estimate of drug-likeness (QED) is 0.558. The summed E-state index contributed by atoms with van der Waals surface area (Å²) in [5.41, 5.74) is 0.890. The maximum atomic E-state index is 12.7. The number of ether oxygens (including phenoxy) is 1. The Labute approximate surface area is 171 Å². The molecule has 7 nitrogen and oxygen atoms in total. The molecule has 2 aromatic rings. The number of fused-ring (bicyclic) bond motifs is 1. The summed E-state index contributed by atoms with van der Waals surface area (Å²) >= 11 is 2.96. The van der Waals surface area contributed by atoms with E-state index in [0.29, 0.717) is 26.2 Å². The first-order valence-electron chi connectivity index (χ1n) is 9.22. The molecule has 9 heteroatoms. The number of hydrazine groups is 1. The van der Waals surface area contributed by atoms with E-state index in [9.17, 15) is 14.4 Å². The van der Waals surface area contributed by atoms with Crippen molar-refractivity contribution in [2.45, 2.75) is 19.4 Å². The molecule has 0 bridgehead atoms. The first-order valence-corrected chi connectivity index (χ1v) is 11.0. The first kappa shape index (κ1) is 19.1. The van der Waals surface area contributed by atoms with Crippen molar-refractivity contribution in [1.82, 2.24) is 9.91 Å². The highest BCUT2D eigenvalue weighted by Crippen LogP contribution is 2.35. The standard InChI is InChI=1S/C19H21N3O4S2/c1-2-26-19(25)17-14(23)12-16-13(5-11-28-16)22(17)21-8-6-20(7-9-21)18(24)15-4-3-10-27-15/h3-5,10-11,17H,2,6-9,12H2,1H3. The minimum atomic E-state index is -0.957. The number of hydrogen-bond donors (Lipinski definition) is 0. The molecule has 0 saturated carbocycles. The van der Waals surface area contributed by atoms with E-state index in [1.165, 1.54) is 22.7 Å². The second kappa shape index (κ2) is 8.02. The number of hydrogen-bond acceptors (Lipinski definition) is 8. The Kier molecular flexibility index (Phi) is 5.47. The van der Waals surface area contributed by atoms with Crippen molar-refractivity contribution in [3.63, 3.8) is 0 Å². The van der Waals surface area contributed by atoms with Gasteiger partial charge in [0.25, 0.3) is 5.91 Å². The normalized spacial score (nSPS) is 20.2. The van der Waals surface area contributed by atoms with Crippen molar-refractivity contribution in [3.8, 4) is 0 Å². The molecule has 0 N–H and O–H groups in total. The minimum Gasteiger partial charge on any atom is -0.464 e. The predicted octanol–water partition coefficient (Wildman–Crippen LogP) is 2.05. The summed E-state index contributed by atoms with van der Waals surface area (Å²) < 4.78 is 5.18. The molecular weight excluding hydrogens is 398 g/mol. The highest BCUT2D eigenvalue weighted by molar-refractivity contribution is 7.12. The van der Waals surface area contributed by atoms with Crippen LogP contribution in [0.25, 0.3) is 0 Å². The zero-order valence-electron chi connectivity index (χ0n) is 15.5. The minimum absolute atomic E-state index is 0.0301. The SMILES string of the molecule is CCOC(=O)C1C(=O)Cc2sccc2N1N1CCN(C(=O)c2cccs2)CC1. The van der Waals surface area contributed by atoms with Crippen LogP contribution in [0.1, 0.15) is 21.5 Å². The Morgan fingerprint density at radius 3 is 2.61 bits per heavy atom. The Bertz CT molecular complexity index is 872. The maximum Gasteiger partial charge on any atom is 0.338 e. The molecule has 0 aliphatic carbocycles. The smallest absolute Gasteiger partial charge is 0.338 e. The molecule has 1 atom stereocenters. The summed E-state index contributed by atoms with van der Waals surface area (Å²) in [4.78, 5) is 41.4. The molecule has 0 aromatic carbocycles. The Hall–Kier alpha value is -2.23. The van der Waals surface area contributed by atoms with Gasteiger partial charge in [0.15, 0.2) is 5.78 Å². The van der Waals surface area contributed by atoms with Gasteiger partial charge in [-0.15, -0.1) is 22.7 Å². The van der Waals surface area contributed by atoms with Gasteiger partial charge in [0, 0.05) is 37.5 Å². The lowest BCUT2D eigenvalue weighted by atomic mass is 10.0. The topological polar surface area (TPSA) is 70.2 Å². The van der Waals surface area contributed by atoms with E-state index in [-0.39, 0.29) is 24.7 Å². The van der Waals surface area contributed by atoms with Crippen LogP contribution in [-0.2, 0) is 20.7 Å². The second-order valence-corrected chi connectivity index (χ2v) is 8.54. The fraction of sp³-hybridized carbons (Fsp3) is 0.421. The summed E-state index contributed by atoms with van der Waals surface area (Å²) in [6.07, 6.45) is 0.254. The summed E-state index contributed by atoms with van der Waals surface area (Å²) in [6, 6.07) is 4.69. The number of carbonyl (C=O) groups is 3. The van der Waals surface area contributed by atoms with Gasteiger partial charge in [-0.1, -0.05) is 6.07 Å². The third-order valence-electron chi connectivity index (χ3n) is 4.94. The number of rotatable bonds is 4. The Balaban J connectivity index is 1.54. The number of Topliss-reactive ketones (excluding diaryl/α,β-unsaturated/α-hetero) is 1. The van der Waals surface area contributed by atoms with E-state index in [2.05, 4.69) is 0 Å². The third kappa shape index (κ3) is 3.45. The van der Waals surface area contributed by atoms with Crippen LogP contribution in [-0.4, -0.2) is 66.4 Å². The van der Waals surface area contributed by atoms with Gasteiger partial charge in [0.05, 0.1) is 17.2 Å². The second-order valence-electron chi connectivity index (χ2n) is 6.59. The summed E-state index contributed by atoms with van der Waals surface area (Å²) in [5.74, 6) is -0.630. The fourth-order valence-corrected chi connectivity index (χ4v) is 5.20. The van der Waals surface area contributed by atoms with Gasteiger partial charge in [-0.25, -0.2) is 9.80 Å². The molecule has 0 spiro atoms. The number of thiophene rings is 2. The first-order chi connectivity index (χ1) is 13.6. The van der Waals surface area contributed by atoms with Gasteiger partial charge in [-0.2, -0.15) is 0 Å². The van der Waals surface area contributed by atoms with Crippen molar-refractivity contribution in [1.29, 1.82) is 0 Å². The van der Waals surface area contributed by atoms with E-state index in [1.807, 2.05) is 38.9 Å². The maximum absolute atomic E-state index is 12.7. The monoisotopic (exact) mass is 419 g/mol. The van der Waals surface area contributed by atoms with E-state index < -0.39 is 12.0 Å². The van der Waals surface area contributed by atoms with Crippen LogP contribution in [0.5, 0.6) is 0 Å². The number of amides is 1. The van der Waals surface area contributed by atoms with Crippen molar-refractivity contribution >= 4 is 46.0 Å².